The van der Waals surface area contributed by atoms with Crippen LogP contribution in [0, 0.1) is 3.70 Å². The fraction of sp³-hybridized carbons (Fsp3) is 0.182. The van der Waals surface area contributed by atoms with Gasteiger partial charge in [-0.1, -0.05) is 0 Å². The summed E-state index contributed by atoms with van der Waals surface area (Å²) < 4.78 is 0.851. The van der Waals surface area contributed by atoms with Crippen LogP contribution in [0.2, 0.25) is 0 Å². The highest BCUT2D eigenvalue weighted by atomic mass is 131. The molecule has 0 aliphatic rings. The third kappa shape index (κ3) is 5.51. The lowest BCUT2D eigenvalue weighted by atomic mass is 10.2. The molecule has 11 heteroatoms. The molecule has 0 aromatic carbocycles. The van der Waals surface area contributed by atoms with Crippen LogP contribution in [0.5, 0.6) is 0 Å². The minimum absolute atomic E-state index is 0.123. The number of carbonyl (C=O) groups is 1. The summed E-state index contributed by atoms with van der Waals surface area (Å²) in [5.74, 6) is -0.123. The Labute approximate surface area is 205 Å². The van der Waals surface area contributed by atoms with Crippen molar-refractivity contribution in [1.29, 1.82) is 0 Å². The number of nitrogens with one attached hydrogen (secondary N) is 1. The topological polar surface area (TPSA) is 119 Å². The van der Waals surface area contributed by atoms with Gasteiger partial charge in [0.15, 0.2) is 23.6 Å². The van der Waals surface area contributed by atoms with E-state index >= 15 is 0 Å². The first-order chi connectivity index (χ1) is 16.2. The van der Waals surface area contributed by atoms with E-state index in [9.17, 15) is 4.79 Å². The first-order valence-corrected chi connectivity index (χ1v) is 13.3. The zero-order valence-corrected chi connectivity index (χ0v) is 20.7. The molecule has 0 spiro atoms. The van der Waals surface area contributed by atoms with Gasteiger partial charge in [-0.2, -0.15) is 0 Å². The molecule has 0 bridgehead atoms. The molecule has 4 rings (SSSR count). The van der Waals surface area contributed by atoms with E-state index < -0.39 is 7.26 Å². The molecule has 0 radical (unpaired) electrons. The van der Waals surface area contributed by atoms with Crippen LogP contribution in [-0.2, 0) is 0 Å². The van der Waals surface area contributed by atoms with Gasteiger partial charge in [0.2, 0.25) is 0 Å². The van der Waals surface area contributed by atoms with E-state index in [-0.39, 0.29) is 5.91 Å². The second kappa shape index (κ2) is 11.2. The van der Waals surface area contributed by atoms with Crippen molar-refractivity contribution >= 4 is 52.1 Å². The van der Waals surface area contributed by atoms with Crippen molar-refractivity contribution in [3.8, 4) is 0 Å². The summed E-state index contributed by atoms with van der Waals surface area (Å²) in [5, 5.41) is 2.98. The molecule has 1 amide bonds. The van der Waals surface area contributed by atoms with E-state index in [0.717, 1.165) is 39.0 Å². The predicted octanol–water partition coefficient (Wildman–Crippen LogP) is 1.56. The average Bonchev–Trinajstić information content (AvgIpc) is 2.88. The van der Waals surface area contributed by atoms with E-state index in [2.05, 4.69) is 62.8 Å². The quantitative estimate of drug-likeness (QED) is 0.138. The van der Waals surface area contributed by atoms with Crippen LogP contribution in [0.1, 0.15) is 23.2 Å². The summed E-state index contributed by atoms with van der Waals surface area (Å²) in [6.45, 7) is 0.558. The van der Waals surface area contributed by atoms with Crippen molar-refractivity contribution in [2.24, 2.45) is 0 Å². The Bertz CT molecular complexity index is 1070. The molecule has 1 N–H and O–H groups in total. The first kappa shape index (κ1) is 23.2. The molecular formula is C22H21IN8OP+. The second-order valence-corrected chi connectivity index (χ2v) is 11.6. The summed E-state index contributed by atoms with van der Waals surface area (Å²) in [6, 6.07) is 9.40. The van der Waals surface area contributed by atoms with Crippen molar-refractivity contribution in [2.45, 2.75) is 12.8 Å². The first-order valence-electron chi connectivity index (χ1n) is 10.3. The van der Waals surface area contributed by atoms with Crippen molar-refractivity contribution in [1.82, 2.24) is 40.2 Å². The van der Waals surface area contributed by atoms with Gasteiger partial charge in [-0.3, -0.25) is 4.79 Å². The van der Waals surface area contributed by atoms with Crippen LogP contribution in [0.4, 0.5) is 0 Å². The smallest absolute Gasteiger partial charge is 0.252 e. The number of hydrogen-bond donors (Lipinski definition) is 1. The largest absolute Gasteiger partial charge is 0.352 e. The summed E-state index contributed by atoms with van der Waals surface area (Å²) in [5.41, 5.74) is 3.27. The van der Waals surface area contributed by atoms with Crippen LogP contribution in [-0.4, -0.2) is 53.5 Å². The molecule has 0 unspecified atom stereocenters. The molecule has 0 atom stereocenters. The third-order valence-corrected chi connectivity index (χ3v) is 9.83. The number of aromatic nitrogens is 7. The number of amides is 1. The zero-order chi connectivity index (χ0) is 22.9. The molecule has 0 saturated carbocycles. The van der Waals surface area contributed by atoms with Gasteiger partial charge in [0, 0.05) is 49.5 Å². The van der Waals surface area contributed by atoms with E-state index in [1.807, 2.05) is 24.3 Å². The Morgan fingerprint density at radius 3 is 1.82 bits per heavy atom. The maximum Gasteiger partial charge on any atom is 0.252 e. The Morgan fingerprint density at radius 2 is 1.36 bits per heavy atom. The van der Waals surface area contributed by atoms with Crippen LogP contribution < -0.4 is 21.6 Å². The highest BCUT2D eigenvalue weighted by molar-refractivity contribution is 14.1. The van der Waals surface area contributed by atoms with Crippen molar-refractivity contribution in [3.63, 3.8) is 0 Å². The van der Waals surface area contributed by atoms with Gasteiger partial charge in [-0.05, 0) is 47.6 Å². The number of hydrogen-bond acceptors (Lipinski definition) is 8. The highest BCUT2D eigenvalue weighted by Gasteiger charge is 2.49. The van der Waals surface area contributed by atoms with Gasteiger partial charge in [0.1, 0.15) is 22.7 Å². The lowest BCUT2D eigenvalue weighted by Crippen LogP contribution is -2.38. The third-order valence-electron chi connectivity index (χ3n) is 5.07. The van der Waals surface area contributed by atoms with Crippen molar-refractivity contribution in [2.75, 3.05) is 12.7 Å². The fourth-order valence-electron chi connectivity index (χ4n) is 3.51. The number of pyridine rings is 1. The van der Waals surface area contributed by atoms with Crippen molar-refractivity contribution < 1.29 is 4.79 Å². The minimum atomic E-state index is -2.26. The number of unbranched alkanes of at least 4 members (excludes halogenated alkanes) is 1. The normalized spacial score (nSPS) is 11.2. The fourth-order valence-corrected chi connectivity index (χ4v) is 7.63. The van der Waals surface area contributed by atoms with Gasteiger partial charge in [-0.25, -0.2) is 34.9 Å². The molecule has 166 valence electrons. The summed E-state index contributed by atoms with van der Waals surface area (Å²) >= 11 is 2.11. The predicted molar refractivity (Wildman–Crippen MR) is 135 cm³/mol. The average molecular weight is 575 g/mol. The van der Waals surface area contributed by atoms with Crippen LogP contribution in [0.3, 0.4) is 0 Å². The molecule has 0 saturated heterocycles. The summed E-state index contributed by atoms with van der Waals surface area (Å²) in [7, 11) is -2.26. The molecule has 4 heterocycles. The molecule has 0 aliphatic heterocycles. The standard InChI is InChI=1S/C22H20IN8OP/c23-18-4-3-17(13-28-18)22(32)27-8-1-2-12-33(19-5-9-24-14-29-19,20-6-10-25-15-30-20)21-7-11-26-16-31-21/h3-7,9-11,13-16H,1-2,8,12H2/p+1/i23+4. The molecule has 33 heavy (non-hydrogen) atoms. The van der Waals surface area contributed by atoms with Gasteiger partial charge < -0.3 is 5.32 Å². The number of rotatable bonds is 9. The van der Waals surface area contributed by atoms with Gasteiger partial charge in [0.25, 0.3) is 5.91 Å². The maximum atomic E-state index is 12.4. The molecule has 4 aromatic heterocycles. The zero-order valence-electron chi connectivity index (χ0n) is 17.6. The molecule has 0 aliphatic carbocycles. The van der Waals surface area contributed by atoms with Crippen LogP contribution in [0.15, 0.2) is 74.1 Å². The van der Waals surface area contributed by atoms with Crippen LogP contribution >= 0.6 is 29.9 Å². The summed E-state index contributed by atoms with van der Waals surface area (Å²) in [6.07, 6.45) is 13.9. The Kier molecular flexibility index (Phi) is 7.90. The Balaban J connectivity index is 1.53. The second-order valence-electron chi connectivity index (χ2n) is 7.07. The lowest BCUT2D eigenvalue weighted by Gasteiger charge is -2.23. The highest BCUT2D eigenvalue weighted by Crippen LogP contribution is 2.54. The van der Waals surface area contributed by atoms with Crippen LogP contribution in [0.25, 0.3) is 0 Å². The lowest BCUT2D eigenvalue weighted by molar-refractivity contribution is 0.0953. The summed E-state index contributed by atoms with van der Waals surface area (Å²) in [4.78, 5) is 42.7. The van der Waals surface area contributed by atoms with E-state index in [4.69, 9.17) is 0 Å². The molecule has 9 nitrogen and oxygen atoms in total. The maximum absolute atomic E-state index is 12.4. The Morgan fingerprint density at radius 1 is 0.788 bits per heavy atom. The number of nitrogens with zero attached hydrogens (tertiary/aromatic N) is 7. The molecule has 4 aromatic rings. The van der Waals surface area contributed by atoms with Crippen molar-refractivity contribution in [3.05, 3.63) is 83.4 Å². The van der Waals surface area contributed by atoms with E-state index in [0.29, 0.717) is 12.1 Å². The number of halogens is 1. The Hall–Kier alpha value is -2.98. The molecular weight excluding hydrogens is 554 g/mol. The monoisotopic (exact) mass is 575 g/mol. The van der Waals surface area contributed by atoms with Gasteiger partial charge >= 0.3 is 0 Å². The van der Waals surface area contributed by atoms with Gasteiger partial charge in [-0.15, -0.1) is 0 Å². The van der Waals surface area contributed by atoms with E-state index in [1.165, 1.54) is 0 Å². The minimum Gasteiger partial charge on any atom is -0.352 e. The SMILES string of the molecule is O=C(NCCCC[P+](c1ccncn1)(c1ccncn1)c1ccncn1)c1ccc([131I])nc1. The number of carbonyl (C=O) groups excluding carboxylic acids is 1. The van der Waals surface area contributed by atoms with Gasteiger partial charge in [0.05, 0.1) is 11.7 Å². The molecule has 0 fully saturated rings. The van der Waals surface area contributed by atoms with E-state index in [1.54, 1.807) is 49.8 Å².